The standard InChI is InChI=1S/C16H18N4S/c1-3-18-15(12-6-10(2)8-20-16(12)17)11-7-14-13(19-9-11)4-5-21-14/h4-9,15,18H,3H2,1-2H3,(H2,17,20). The van der Waals surface area contributed by atoms with Gasteiger partial charge in [0.05, 0.1) is 16.3 Å². The molecular weight excluding hydrogens is 280 g/mol. The Bertz CT molecular complexity index is 766. The second-order valence-electron chi connectivity index (χ2n) is 5.05. The van der Waals surface area contributed by atoms with Crippen LogP contribution in [0, 0.1) is 6.92 Å². The molecule has 21 heavy (non-hydrogen) atoms. The van der Waals surface area contributed by atoms with Gasteiger partial charge in [0.1, 0.15) is 5.82 Å². The normalized spacial score (nSPS) is 12.7. The van der Waals surface area contributed by atoms with Crippen LogP contribution in [0.2, 0.25) is 0 Å². The summed E-state index contributed by atoms with van der Waals surface area (Å²) >= 11 is 1.70. The van der Waals surface area contributed by atoms with Gasteiger partial charge in [0.15, 0.2) is 0 Å². The van der Waals surface area contributed by atoms with Gasteiger partial charge < -0.3 is 11.1 Å². The van der Waals surface area contributed by atoms with Gasteiger partial charge in [0, 0.05) is 18.0 Å². The lowest BCUT2D eigenvalue weighted by Gasteiger charge is -2.20. The minimum absolute atomic E-state index is 0.0152. The summed E-state index contributed by atoms with van der Waals surface area (Å²) in [5.74, 6) is 0.567. The first kappa shape index (κ1) is 14.0. The number of nitrogens with two attached hydrogens (primary N) is 1. The number of rotatable bonds is 4. The maximum atomic E-state index is 6.08. The third kappa shape index (κ3) is 2.75. The lowest BCUT2D eigenvalue weighted by atomic mass is 9.99. The van der Waals surface area contributed by atoms with E-state index in [1.54, 1.807) is 17.5 Å². The van der Waals surface area contributed by atoms with Gasteiger partial charge in [-0.15, -0.1) is 11.3 Å². The van der Waals surface area contributed by atoms with E-state index in [4.69, 9.17) is 5.73 Å². The highest BCUT2D eigenvalue weighted by Crippen LogP contribution is 2.29. The van der Waals surface area contributed by atoms with Crippen LogP contribution in [-0.2, 0) is 0 Å². The van der Waals surface area contributed by atoms with Gasteiger partial charge in [-0.2, -0.15) is 0 Å². The molecule has 1 unspecified atom stereocenters. The fourth-order valence-electron chi connectivity index (χ4n) is 2.46. The molecule has 0 fully saturated rings. The first-order valence-corrected chi connectivity index (χ1v) is 7.85. The van der Waals surface area contributed by atoms with Gasteiger partial charge >= 0.3 is 0 Å². The highest BCUT2D eigenvalue weighted by molar-refractivity contribution is 7.17. The molecule has 3 heterocycles. The zero-order valence-corrected chi connectivity index (χ0v) is 12.9. The van der Waals surface area contributed by atoms with Crippen LogP contribution in [0.4, 0.5) is 5.82 Å². The molecule has 5 heteroatoms. The molecule has 3 aromatic heterocycles. The lowest BCUT2D eigenvalue weighted by molar-refractivity contribution is 0.629. The Morgan fingerprint density at radius 1 is 1.29 bits per heavy atom. The summed E-state index contributed by atoms with van der Waals surface area (Å²) in [7, 11) is 0. The molecule has 3 N–H and O–H groups in total. The summed E-state index contributed by atoms with van der Waals surface area (Å²) in [4.78, 5) is 8.81. The second kappa shape index (κ2) is 5.79. The monoisotopic (exact) mass is 298 g/mol. The van der Waals surface area contributed by atoms with Crippen molar-refractivity contribution in [2.24, 2.45) is 0 Å². The quantitative estimate of drug-likeness (QED) is 0.776. The summed E-state index contributed by atoms with van der Waals surface area (Å²) in [6.07, 6.45) is 3.71. The van der Waals surface area contributed by atoms with Gasteiger partial charge in [-0.05, 0) is 48.2 Å². The number of thiophene rings is 1. The smallest absolute Gasteiger partial charge is 0.128 e. The van der Waals surface area contributed by atoms with E-state index in [9.17, 15) is 0 Å². The fourth-order valence-corrected chi connectivity index (χ4v) is 3.25. The van der Waals surface area contributed by atoms with Crippen molar-refractivity contribution in [2.75, 3.05) is 12.3 Å². The van der Waals surface area contributed by atoms with Crippen molar-refractivity contribution >= 4 is 27.4 Å². The SMILES string of the molecule is CCNC(c1cnc2ccsc2c1)c1cc(C)cnc1N. The van der Waals surface area contributed by atoms with Crippen molar-refractivity contribution in [2.45, 2.75) is 19.9 Å². The number of nitrogen functional groups attached to an aromatic ring is 1. The van der Waals surface area contributed by atoms with Crippen molar-refractivity contribution in [3.8, 4) is 0 Å². The van der Waals surface area contributed by atoms with E-state index in [-0.39, 0.29) is 6.04 Å². The Morgan fingerprint density at radius 2 is 2.14 bits per heavy atom. The Morgan fingerprint density at radius 3 is 2.95 bits per heavy atom. The number of aromatic nitrogens is 2. The number of aryl methyl sites for hydroxylation is 1. The van der Waals surface area contributed by atoms with Crippen molar-refractivity contribution in [1.29, 1.82) is 0 Å². The zero-order valence-electron chi connectivity index (χ0n) is 12.1. The molecule has 0 bridgehead atoms. The Balaban J connectivity index is 2.09. The topological polar surface area (TPSA) is 63.8 Å². The van der Waals surface area contributed by atoms with E-state index in [1.807, 2.05) is 19.2 Å². The number of nitrogens with zero attached hydrogens (tertiary/aromatic N) is 2. The van der Waals surface area contributed by atoms with Crippen LogP contribution >= 0.6 is 11.3 Å². The number of anilines is 1. The highest BCUT2D eigenvalue weighted by atomic mass is 32.1. The maximum absolute atomic E-state index is 6.08. The maximum Gasteiger partial charge on any atom is 0.128 e. The van der Waals surface area contributed by atoms with Gasteiger partial charge in [0.25, 0.3) is 0 Å². The molecule has 108 valence electrons. The summed E-state index contributed by atoms with van der Waals surface area (Å²) < 4.78 is 1.19. The third-order valence-corrected chi connectivity index (χ3v) is 4.32. The van der Waals surface area contributed by atoms with Crippen LogP contribution in [0.5, 0.6) is 0 Å². The minimum Gasteiger partial charge on any atom is -0.383 e. The average Bonchev–Trinajstić information content (AvgIpc) is 2.95. The first-order valence-electron chi connectivity index (χ1n) is 6.97. The van der Waals surface area contributed by atoms with Crippen molar-refractivity contribution in [3.63, 3.8) is 0 Å². The summed E-state index contributed by atoms with van der Waals surface area (Å²) in [6, 6.07) is 6.33. The van der Waals surface area contributed by atoms with Gasteiger partial charge in [-0.1, -0.05) is 6.92 Å². The zero-order chi connectivity index (χ0) is 14.8. The Kier molecular flexibility index (Phi) is 3.86. The summed E-state index contributed by atoms with van der Waals surface area (Å²) in [5, 5.41) is 5.55. The number of nitrogens with one attached hydrogen (secondary N) is 1. The van der Waals surface area contributed by atoms with Crippen molar-refractivity contribution in [1.82, 2.24) is 15.3 Å². The molecule has 3 rings (SSSR count). The Hall–Kier alpha value is -1.98. The minimum atomic E-state index is 0.0152. The predicted octanol–water partition coefficient (Wildman–Crippen LogP) is 3.28. The van der Waals surface area contributed by atoms with Gasteiger partial charge in [-0.3, -0.25) is 4.98 Å². The molecule has 0 radical (unpaired) electrons. The summed E-state index contributed by atoms with van der Waals surface area (Å²) in [5.41, 5.74) is 10.3. The van der Waals surface area contributed by atoms with Crippen LogP contribution in [0.15, 0.2) is 36.0 Å². The van der Waals surface area contributed by atoms with E-state index in [0.29, 0.717) is 5.82 Å². The third-order valence-electron chi connectivity index (χ3n) is 3.46. The van der Waals surface area contributed by atoms with Gasteiger partial charge in [0.2, 0.25) is 0 Å². The lowest BCUT2D eigenvalue weighted by Crippen LogP contribution is -2.23. The first-order chi connectivity index (χ1) is 10.2. The van der Waals surface area contributed by atoms with E-state index >= 15 is 0 Å². The van der Waals surface area contributed by atoms with E-state index in [0.717, 1.165) is 28.8 Å². The van der Waals surface area contributed by atoms with Crippen LogP contribution in [0.3, 0.4) is 0 Å². The molecule has 4 nitrogen and oxygen atoms in total. The van der Waals surface area contributed by atoms with Gasteiger partial charge in [-0.25, -0.2) is 4.98 Å². The number of pyridine rings is 2. The van der Waals surface area contributed by atoms with E-state index in [1.165, 1.54) is 4.70 Å². The van der Waals surface area contributed by atoms with E-state index in [2.05, 4.69) is 39.7 Å². The molecule has 0 amide bonds. The molecule has 0 saturated heterocycles. The molecule has 0 spiro atoms. The molecule has 0 aliphatic rings. The molecule has 3 aromatic rings. The van der Waals surface area contributed by atoms with Crippen LogP contribution in [0.25, 0.3) is 10.2 Å². The highest BCUT2D eigenvalue weighted by Gasteiger charge is 2.17. The van der Waals surface area contributed by atoms with Crippen molar-refractivity contribution < 1.29 is 0 Å². The molecule has 1 atom stereocenters. The predicted molar refractivity (Wildman–Crippen MR) is 88.5 cm³/mol. The van der Waals surface area contributed by atoms with E-state index < -0.39 is 0 Å². The van der Waals surface area contributed by atoms with Crippen LogP contribution < -0.4 is 11.1 Å². The molecule has 0 saturated carbocycles. The summed E-state index contributed by atoms with van der Waals surface area (Å²) in [6.45, 7) is 4.96. The van der Waals surface area contributed by atoms with Crippen LogP contribution in [-0.4, -0.2) is 16.5 Å². The molecule has 0 aliphatic carbocycles. The fraction of sp³-hybridized carbons (Fsp3) is 0.250. The second-order valence-corrected chi connectivity index (χ2v) is 6.00. The molecule has 0 aliphatic heterocycles. The van der Waals surface area contributed by atoms with Crippen LogP contribution in [0.1, 0.15) is 29.7 Å². The largest absolute Gasteiger partial charge is 0.383 e. The number of hydrogen-bond donors (Lipinski definition) is 2. The number of fused-ring (bicyclic) bond motifs is 1. The molecule has 0 aromatic carbocycles. The number of hydrogen-bond acceptors (Lipinski definition) is 5. The van der Waals surface area contributed by atoms with Crippen molar-refractivity contribution in [3.05, 3.63) is 52.7 Å². The average molecular weight is 298 g/mol. The Labute approximate surface area is 128 Å². The molecular formula is C16H18N4S.